The molecule has 0 radical (unpaired) electrons. The summed E-state index contributed by atoms with van der Waals surface area (Å²) in [5.74, 6) is 1.57. The Hall–Kier alpha value is -1.14. The number of guanidine groups is 1. The van der Waals surface area contributed by atoms with Gasteiger partial charge in [-0.15, -0.1) is 11.3 Å². The quantitative estimate of drug-likeness (QED) is 0.529. The molecular formula is C18H35N5S. The Morgan fingerprint density at radius 1 is 1.21 bits per heavy atom. The Morgan fingerprint density at radius 3 is 2.33 bits per heavy atom. The topological polar surface area (TPSA) is 52.6 Å². The van der Waals surface area contributed by atoms with Crippen molar-refractivity contribution in [3.63, 3.8) is 0 Å². The summed E-state index contributed by atoms with van der Waals surface area (Å²) in [6.07, 6.45) is 3.34. The van der Waals surface area contributed by atoms with E-state index in [1.165, 1.54) is 22.7 Å². The van der Waals surface area contributed by atoms with E-state index in [1.54, 1.807) is 11.3 Å². The van der Waals surface area contributed by atoms with Crippen molar-refractivity contribution in [2.75, 3.05) is 34.2 Å². The van der Waals surface area contributed by atoms with E-state index in [4.69, 9.17) is 0 Å². The predicted molar refractivity (Wildman–Crippen MR) is 106 cm³/mol. The van der Waals surface area contributed by atoms with Crippen LogP contribution >= 0.6 is 11.3 Å². The lowest BCUT2D eigenvalue weighted by Gasteiger charge is -2.32. The molecule has 1 rings (SSSR count). The van der Waals surface area contributed by atoms with E-state index in [9.17, 15) is 0 Å². The highest BCUT2D eigenvalue weighted by molar-refractivity contribution is 7.11. The van der Waals surface area contributed by atoms with Gasteiger partial charge in [-0.25, -0.2) is 4.98 Å². The van der Waals surface area contributed by atoms with Crippen LogP contribution in [0.15, 0.2) is 4.99 Å². The lowest BCUT2D eigenvalue weighted by molar-refractivity contribution is 0.200. The molecule has 0 spiro atoms. The molecule has 0 aliphatic heterocycles. The molecule has 0 aliphatic rings. The molecule has 0 aromatic carbocycles. The van der Waals surface area contributed by atoms with Crippen molar-refractivity contribution in [2.45, 2.75) is 53.0 Å². The van der Waals surface area contributed by atoms with E-state index in [1.807, 2.05) is 7.05 Å². The van der Waals surface area contributed by atoms with Gasteiger partial charge in [0.1, 0.15) is 0 Å². The van der Waals surface area contributed by atoms with Gasteiger partial charge >= 0.3 is 0 Å². The normalized spacial score (nSPS) is 13.6. The first kappa shape index (κ1) is 20.9. The van der Waals surface area contributed by atoms with Crippen molar-refractivity contribution in [3.8, 4) is 0 Å². The standard InChI is InChI=1S/C18H35N5S/c1-8-15(9-2)16(23(6)7)12-21-18(19-5)20-11-10-17-22-13(3)14(4)24-17/h15-16H,8-12H2,1-7H3,(H2,19,20,21). The fourth-order valence-electron chi connectivity index (χ4n) is 2.96. The number of nitrogens with one attached hydrogen (secondary N) is 2. The number of likely N-dealkylation sites (N-methyl/N-ethyl adjacent to an activating group) is 1. The van der Waals surface area contributed by atoms with Crippen molar-refractivity contribution in [3.05, 3.63) is 15.6 Å². The molecule has 24 heavy (non-hydrogen) atoms. The van der Waals surface area contributed by atoms with Gasteiger partial charge in [0.05, 0.1) is 10.7 Å². The highest BCUT2D eigenvalue weighted by atomic mass is 32.1. The van der Waals surface area contributed by atoms with Gasteiger partial charge in [-0.05, 0) is 33.9 Å². The molecule has 1 aromatic heterocycles. The minimum absolute atomic E-state index is 0.516. The summed E-state index contributed by atoms with van der Waals surface area (Å²) < 4.78 is 0. The molecule has 5 nitrogen and oxygen atoms in total. The maximum atomic E-state index is 4.59. The van der Waals surface area contributed by atoms with Crippen LogP contribution in [0.4, 0.5) is 0 Å². The van der Waals surface area contributed by atoms with Gasteiger partial charge in [0.2, 0.25) is 0 Å². The van der Waals surface area contributed by atoms with Crippen LogP contribution in [0, 0.1) is 19.8 Å². The van der Waals surface area contributed by atoms with Gasteiger partial charge in [-0.3, -0.25) is 4.99 Å². The van der Waals surface area contributed by atoms with Crippen LogP contribution in [0.1, 0.15) is 42.3 Å². The van der Waals surface area contributed by atoms with Crippen LogP contribution in [0.5, 0.6) is 0 Å². The minimum Gasteiger partial charge on any atom is -0.356 e. The largest absolute Gasteiger partial charge is 0.356 e. The number of aromatic nitrogens is 1. The summed E-state index contributed by atoms with van der Waals surface area (Å²) in [6.45, 7) is 10.5. The molecule has 0 saturated carbocycles. The number of aryl methyl sites for hydroxylation is 2. The molecule has 0 amide bonds. The van der Waals surface area contributed by atoms with E-state index in [-0.39, 0.29) is 0 Å². The first-order chi connectivity index (χ1) is 11.4. The summed E-state index contributed by atoms with van der Waals surface area (Å²) in [5.41, 5.74) is 1.15. The number of aliphatic imine (C=N–C) groups is 1. The zero-order valence-corrected chi connectivity index (χ0v) is 17.3. The molecule has 2 N–H and O–H groups in total. The first-order valence-electron chi connectivity index (χ1n) is 8.96. The maximum absolute atomic E-state index is 4.59. The molecule has 1 aromatic rings. The van der Waals surface area contributed by atoms with Gasteiger partial charge in [0.15, 0.2) is 5.96 Å². The monoisotopic (exact) mass is 353 g/mol. The Labute approximate surface area is 152 Å². The minimum atomic E-state index is 0.516. The Balaban J connectivity index is 2.46. The van der Waals surface area contributed by atoms with Crippen molar-refractivity contribution < 1.29 is 0 Å². The van der Waals surface area contributed by atoms with E-state index in [0.29, 0.717) is 12.0 Å². The van der Waals surface area contributed by atoms with E-state index >= 15 is 0 Å². The van der Waals surface area contributed by atoms with Crippen molar-refractivity contribution in [1.29, 1.82) is 0 Å². The number of rotatable bonds is 9. The maximum Gasteiger partial charge on any atom is 0.191 e. The Bertz CT molecular complexity index is 486. The van der Waals surface area contributed by atoms with E-state index in [2.05, 4.69) is 67.3 Å². The third-order valence-electron chi connectivity index (χ3n) is 4.66. The summed E-state index contributed by atoms with van der Waals surface area (Å²) in [7, 11) is 6.15. The molecule has 138 valence electrons. The second kappa shape index (κ2) is 10.7. The first-order valence-corrected chi connectivity index (χ1v) is 9.78. The van der Waals surface area contributed by atoms with Crippen molar-refractivity contribution >= 4 is 17.3 Å². The predicted octanol–water partition coefficient (Wildman–Crippen LogP) is 2.83. The second-order valence-electron chi connectivity index (χ2n) is 6.49. The summed E-state index contributed by atoms with van der Waals surface area (Å²) in [6, 6.07) is 0.516. The van der Waals surface area contributed by atoms with Crippen LogP contribution in [-0.2, 0) is 6.42 Å². The Kier molecular flexibility index (Phi) is 9.29. The second-order valence-corrected chi connectivity index (χ2v) is 7.77. The fraction of sp³-hybridized carbons (Fsp3) is 0.778. The molecule has 1 atom stereocenters. The lowest BCUT2D eigenvalue weighted by Crippen LogP contribution is -2.48. The van der Waals surface area contributed by atoms with Crippen LogP contribution in [-0.4, -0.2) is 56.1 Å². The average molecular weight is 354 g/mol. The smallest absolute Gasteiger partial charge is 0.191 e. The summed E-state index contributed by atoms with van der Waals surface area (Å²) in [5, 5.41) is 8.08. The Morgan fingerprint density at radius 2 is 1.88 bits per heavy atom. The summed E-state index contributed by atoms with van der Waals surface area (Å²) >= 11 is 1.79. The number of hydrogen-bond acceptors (Lipinski definition) is 4. The number of thiazole rings is 1. The van der Waals surface area contributed by atoms with Crippen LogP contribution < -0.4 is 10.6 Å². The number of hydrogen-bond donors (Lipinski definition) is 2. The summed E-state index contributed by atoms with van der Waals surface area (Å²) in [4.78, 5) is 12.6. The molecule has 0 aliphatic carbocycles. The SMILES string of the molecule is CCC(CC)C(CNC(=NC)NCCc1nc(C)c(C)s1)N(C)C. The molecule has 6 heteroatoms. The third-order valence-corrected chi connectivity index (χ3v) is 5.80. The van der Waals surface area contributed by atoms with Gasteiger partial charge in [-0.2, -0.15) is 0 Å². The average Bonchev–Trinajstić information content (AvgIpc) is 2.87. The van der Waals surface area contributed by atoms with E-state index < -0.39 is 0 Å². The molecule has 0 saturated heterocycles. The van der Waals surface area contributed by atoms with Gasteiger partial charge < -0.3 is 15.5 Å². The zero-order chi connectivity index (χ0) is 18.1. The molecular weight excluding hydrogens is 318 g/mol. The fourth-order valence-corrected chi connectivity index (χ4v) is 3.89. The van der Waals surface area contributed by atoms with Crippen molar-refractivity contribution in [2.24, 2.45) is 10.9 Å². The lowest BCUT2D eigenvalue weighted by atomic mass is 9.93. The highest BCUT2D eigenvalue weighted by Gasteiger charge is 2.20. The van der Waals surface area contributed by atoms with Crippen molar-refractivity contribution in [1.82, 2.24) is 20.5 Å². The van der Waals surface area contributed by atoms with Gasteiger partial charge in [-0.1, -0.05) is 26.7 Å². The van der Waals surface area contributed by atoms with Crippen LogP contribution in [0.3, 0.4) is 0 Å². The molecule has 1 heterocycles. The van der Waals surface area contributed by atoms with Gasteiger partial charge in [0.25, 0.3) is 0 Å². The molecule has 0 fully saturated rings. The molecule has 1 unspecified atom stereocenters. The van der Waals surface area contributed by atoms with Crippen LogP contribution in [0.25, 0.3) is 0 Å². The number of nitrogens with zero attached hydrogens (tertiary/aromatic N) is 3. The van der Waals surface area contributed by atoms with E-state index in [0.717, 1.165) is 31.2 Å². The zero-order valence-electron chi connectivity index (χ0n) is 16.4. The third kappa shape index (κ3) is 6.40. The molecule has 0 bridgehead atoms. The highest BCUT2D eigenvalue weighted by Crippen LogP contribution is 2.17. The van der Waals surface area contributed by atoms with Crippen LogP contribution in [0.2, 0.25) is 0 Å². The van der Waals surface area contributed by atoms with Gasteiger partial charge in [0, 0.05) is 37.5 Å².